The van der Waals surface area contributed by atoms with Gasteiger partial charge >= 0.3 is 6.16 Å². The second-order valence-electron chi connectivity index (χ2n) is 8.89. The number of carbonyl (C=O) groups is 2. The Morgan fingerprint density at radius 1 is 1.12 bits per heavy atom. The third-order valence-corrected chi connectivity index (χ3v) is 4.44. The summed E-state index contributed by atoms with van der Waals surface area (Å²) in [5, 5.41) is 2.91. The predicted molar refractivity (Wildman–Crippen MR) is 122 cm³/mol. The predicted octanol–water partition coefficient (Wildman–Crippen LogP) is 1.31. The second kappa shape index (κ2) is 15.5. The fourth-order valence-electron chi connectivity index (χ4n) is 2.63. The molecular formula is C24H39ClN2O5. The van der Waals surface area contributed by atoms with E-state index in [0.717, 1.165) is 24.8 Å². The molecule has 1 amide bonds. The average Bonchev–Trinajstić information content (AvgIpc) is 2.68. The number of nitrogens with zero attached hydrogens (tertiary/aromatic N) is 1. The van der Waals surface area contributed by atoms with Gasteiger partial charge in [0, 0.05) is 13.0 Å². The zero-order valence-corrected chi connectivity index (χ0v) is 21.0. The van der Waals surface area contributed by atoms with Crippen LogP contribution in [-0.4, -0.2) is 58.0 Å². The second-order valence-corrected chi connectivity index (χ2v) is 8.89. The molecule has 0 fully saturated rings. The molecule has 1 aromatic rings. The van der Waals surface area contributed by atoms with Crippen LogP contribution in [0.1, 0.15) is 45.1 Å². The minimum Gasteiger partial charge on any atom is -1.00 e. The molecule has 1 aromatic carbocycles. The monoisotopic (exact) mass is 470 g/mol. The maximum Gasteiger partial charge on any atom is 0.514 e. The Balaban J connectivity index is 0.00000961. The minimum absolute atomic E-state index is 0. The van der Waals surface area contributed by atoms with Crippen molar-refractivity contribution in [3.05, 3.63) is 35.9 Å². The number of allylic oxidation sites excluding steroid dienone is 2. The summed E-state index contributed by atoms with van der Waals surface area (Å²) in [5.74, 6) is 1.28. The third kappa shape index (κ3) is 13.9. The zero-order chi connectivity index (χ0) is 23.3. The van der Waals surface area contributed by atoms with Gasteiger partial charge in [0.25, 0.3) is 0 Å². The molecule has 8 heteroatoms. The molecule has 0 saturated carbocycles. The van der Waals surface area contributed by atoms with Gasteiger partial charge in [0.15, 0.2) is 11.5 Å². The number of hydrogen-bond acceptors (Lipinski definition) is 5. The molecule has 0 aliphatic heterocycles. The van der Waals surface area contributed by atoms with Crippen molar-refractivity contribution < 1.29 is 40.7 Å². The number of likely N-dealkylation sites (N-methyl/N-ethyl adjacent to an activating group) is 1. The van der Waals surface area contributed by atoms with Gasteiger partial charge in [-0.15, -0.1) is 0 Å². The molecule has 1 N–H and O–H groups in total. The SMILES string of the molecule is COc1cc(CNC(=O)CCCCC=CC(C)C)ccc1OC(=O)OCC[N+](C)(C)C.[Cl-]. The molecule has 7 nitrogen and oxygen atoms in total. The summed E-state index contributed by atoms with van der Waals surface area (Å²) in [6, 6.07) is 5.17. The van der Waals surface area contributed by atoms with E-state index < -0.39 is 6.16 Å². The van der Waals surface area contributed by atoms with E-state index in [4.69, 9.17) is 14.2 Å². The van der Waals surface area contributed by atoms with Gasteiger partial charge in [-0.3, -0.25) is 4.79 Å². The Kier molecular flexibility index (Phi) is 14.4. The number of halogens is 1. The Hall–Kier alpha value is -2.25. The standard InChI is InChI=1S/C24H38N2O5.ClH/c1-19(2)11-9-7-8-10-12-23(27)25-18-20-13-14-21(22(17-20)29-6)31-24(28)30-16-15-26(3,4)5;/h9,11,13-14,17,19H,7-8,10,12,15-16,18H2,1-6H3;1H. The van der Waals surface area contributed by atoms with Crippen LogP contribution in [-0.2, 0) is 16.1 Å². The van der Waals surface area contributed by atoms with Gasteiger partial charge in [-0.2, -0.15) is 0 Å². The number of methoxy groups -OCH3 is 1. The fourth-order valence-corrected chi connectivity index (χ4v) is 2.63. The molecule has 0 heterocycles. The topological polar surface area (TPSA) is 73.9 Å². The van der Waals surface area contributed by atoms with Crippen molar-refractivity contribution in [2.24, 2.45) is 5.92 Å². The number of amides is 1. The fraction of sp³-hybridized carbons (Fsp3) is 0.583. The maximum atomic E-state index is 12.0. The number of quaternary nitrogens is 1. The van der Waals surface area contributed by atoms with Gasteiger partial charge in [-0.1, -0.05) is 32.1 Å². The van der Waals surface area contributed by atoms with E-state index in [1.54, 1.807) is 18.2 Å². The number of benzene rings is 1. The van der Waals surface area contributed by atoms with Crippen molar-refractivity contribution in [3.8, 4) is 11.5 Å². The number of nitrogens with one attached hydrogen (secondary N) is 1. The molecule has 0 spiro atoms. The van der Waals surface area contributed by atoms with Gasteiger partial charge in [0.1, 0.15) is 13.2 Å². The molecule has 0 atom stereocenters. The van der Waals surface area contributed by atoms with E-state index in [2.05, 4.69) is 31.3 Å². The molecule has 0 unspecified atom stereocenters. The molecular weight excluding hydrogens is 432 g/mol. The lowest BCUT2D eigenvalue weighted by Crippen LogP contribution is -3.00. The van der Waals surface area contributed by atoms with E-state index >= 15 is 0 Å². The van der Waals surface area contributed by atoms with E-state index in [1.807, 2.05) is 21.1 Å². The molecule has 0 saturated heterocycles. The van der Waals surface area contributed by atoms with Crippen LogP contribution in [0.15, 0.2) is 30.4 Å². The summed E-state index contributed by atoms with van der Waals surface area (Å²) in [7, 11) is 7.54. The van der Waals surface area contributed by atoms with Crippen LogP contribution in [0.3, 0.4) is 0 Å². The summed E-state index contributed by atoms with van der Waals surface area (Å²) in [4.78, 5) is 23.9. The van der Waals surface area contributed by atoms with Gasteiger partial charge in [0.2, 0.25) is 5.91 Å². The Labute approximate surface area is 199 Å². The van der Waals surface area contributed by atoms with Crippen molar-refractivity contribution >= 4 is 12.1 Å². The van der Waals surface area contributed by atoms with Crippen molar-refractivity contribution in [3.63, 3.8) is 0 Å². The van der Waals surface area contributed by atoms with E-state index in [1.165, 1.54) is 7.11 Å². The third-order valence-electron chi connectivity index (χ3n) is 4.44. The van der Waals surface area contributed by atoms with Crippen LogP contribution in [0.4, 0.5) is 4.79 Å². The summed E-state index contributed by atoms with van der Waals surface area (Å²) in [6.45, 7) is 5.63. The number of carbonyl (C=O) groups excluding carboxylic acids is 2. The first-order chi connectivity index (χ1) is 14.6. The number of ether oxygens (including phenoxy) is 3. The van der Waals surface area contributed by atoms with Crippen molar-refractivity contribution in [2.75, 3.05) is 41.4 Å². The summed E-state index contributed by atoms with van der Waals surface area (Å²) >= 11 is 0. The summed E-state index contributed by atoms with van der Waals surface area (Å²) in [5.41, 5.74) is 0.857. The highest BCUT2D eigenvalue weighted by molar-refractivity contribution is 5.75. The lowest BCUT2D eigenvalue weighted by Gasteiger charge is -2.23. The van der Waals surface area contributed by atoms with Gasteiger partial charge < -0.3 is 36.4 Å². The Morgan fingerprint density at radius 3 is 2.47 bits per heavy atom. The first kappa shape index (κ1) is 29.8. The first-order valence-corrected chi connectivity index (χ1v) is 10.9. The lowest BCUT2D eigenvalue weighted by molar-refractivity contribution is -0.870. The average molecular weight is 471 g/mol. The van der Waals surface area contributed by atoms with Crippen LogP contribution < -0.4 is 27.2 Å². The minimum atomic E-state index is -0.768. The van der Waals surface area contributed by atoms with Crippen LogP contribution in [0.5, 0.6) is 11.5 Å². The van der Waals surface area contributed by atoms with E-state index in [9.17, 15) is 9.59 Å². The molecule has 32 heavy (non-hydrogen) atoms. The molecule has 0 aromatic heterocycles. The Bertz CT molecular complexity index is 730. The molecule has 0 bridgehead atoms. The van der Waals surface area contributed by atoms with Gasteiger partial charge in [-0.25, -0.2) is 4.79 Å². The van der Waals surface area contributed by atoms with Gasteiger partial charge in [0.05, 0.1) is 28.3 Å². The number of rotatable bonds is 13. The molecule has 1 rings (SSSR count). The van der Waals surface area contributed by atoms with Crippen LogP contribution >= 0.6 is 0 Å². The zero-order valence-electron chi connectivity index (χ0n) is 20.3. The molecule has 182 valence electrons. The van der Waals surface area contributed by atoms with Crippen LogP contribution in [0.2, 0.25) is 0 Å². The quantitative estimate of drug-likeness (QED) is 0.155. The van der Waals surface area contributed by atoms with Crippen LogP contribution in [0, 0.1) is 5.92 Å². The molecule has 0 radical (unpaired) electrons. The summed E-state index contributed by atoms with van der Waals surface area (Å²) < 4.78 is 16.4. The molecule has 0 aliphatic rings. The van der Waals surface area contributed by atoms with Crippen molar-refractivity contribution in [1.29, 1.82) is 0 Å². The lowest BCUT2D eigenvalue weighted by atomic mass is 10.1. The molecule has 0 aliphatic carbocycles. The Morgan fingerprint density at radius 2 is 1.84 bits per heavy atom. The van der Waals surface area contributed by atoms with E-state index in [-0.39, 0.29) is 30.7 Å². The number of hydrogen-bond donors (Lipinski definition) is 1. The normalized spacial score (nSPS) is 11.2. The van der Waals surface area contributed by atoms with Crippen molar-refractivity contribution in [2.45, 2.75) is 46.1 Å². The van der Waals surface area contributed by atoms with Gasteiger partial charge in [-0.05, 0) is 42.9 Å². The summed E-state index contributed by atoms with van der Waals surface area (Å²) in [6.07, 6.45) is 6.97. The highest BCUT2D eigenvalue weighted by atomic mass is 35.5. The van der Waals surface area contributed by atoms with Crippen molar-refractivity contribution in [1.82, 2.24) is 5.32 Å². The highest BCUT2D eigenvalue weighted by Crippen LogP contribution is 2.28. The first-order valence-electron chi connectivity index (χ1n) is 10.9. The van der Waals surface area contributed by atoms with Crippen LogP contribution in [0.25, 0.3) is 0 Å². The largest absolute Gasteiger partial charge is 1.00 e. The smallest absolute Gasteiger partial charge is 0.514 e. The number of unbranched alkanes of at least 4 members (excludes halogenated alkanes) is 2. The maximum absolute atomic E-state index is 12.0. The van der Waals surface area contributed by atoms with E-state index in [0.29, 0.717) is 35.7 Å². The highest BCUT2D eigenvalue weighted by Gasteiger charge is 2.14.